The lowest BCUT2D eigenvalue weighted by atomic mass is 10.2. The molecule has 21 heavy (non-hydrogen) atoms. The van der Waals surface area contributed by atoms with Gasteiger partial charge in [0.1, 0.15) is 5.75 Å². The van der Waals surface area contributed by atoms with Crippen LogP contribution in [0.1, 0.15) is 30.9 Å². The Morgan fingerprint density at radius 2 is 1.67 bits per heavy atom. The predicted octanol–water partition coefficient (Wildman–Crippen LogP) is 4.09. The van der Waals surface area contributed by atoms with Gasteiger partial charge in [-0.25, -0.2) is 0 Å². The molecule has 1 N–H and O–H groups in total. The van der Waals surface area contributed by atoms with Gasteiger partial charge in [-0.3, -0.25) is 4.84 Å². The molecule has 0 aliphatic rings. The summed E-state index contributed by atoms with van der Waals surface area (Å²) in [7, 11) is 0. The van der Waals surface area contributed by atoms with Gasteiger partial charge in [0.25, 0.3) is 0 Å². The van der Waals surface area contributed by atoms with Gasteiger partial charge in [0, 0.05) is 6.54 Å². The quantitative estimate of drug-likeness (QED) is 0.556. The van der Waals surface area contributed by atoms with Crippen molar-refractivity contribution in [2.45, 2.75) is 32.9 Å². The Hall–Kier alpha value is -1.84. The summed E-state index contributed by atoms with van der Waals surface area (Å²) in [5.41, 5.74) is 5.31. The van der Waals surface area contributed by atoms with Crippen LogP contribution in [0.15, 0.2) is 54.6 Å². The van der Waals surface area contributed by atoms with E-state index in [1.165, 1.54) is 5.56 Å². The molecule has 0 spiro atoms. The average Bonchev–Trinajstić information content (AvgIpc) is 2.54. The van der Waals surface area contributed by atoms with Crippen LogP contribution in [0.25, 0.3) is 0 Å². The molecule has 0 atom stereocenters. The molecule has 112 valence electrons. The highest BCUT2D eigenvalue weighted by atomic mass is 16.6. The predicted molar refractivity (Wildman–Crippen MR) is 84.9 cm³/mol. The second kappa shape index (κ2) is 9.16. The van der Waals surface area contributed by atoms with Gasteiger partial charge in [-0.05, 0) is 29.7 Å². The van der Waals surface area contributed by atoms with E-state index >= 15 is 0 Å². The number of hydrogen-bond acceptors (Lipinski definition) is 3. The van der Waals surface area contributed by atoms with E-state index in [0.717, 1.165) is 30.8 Å². The molecule has 3 nitrogen and oxygen atoms in total. The fourth-order valence-electron chi connectivity index (χ4n) is 1.88. The third kappa shape index (κ3) is 5.98. The van der Waals surface area contributed by atoms with Crippen LogP contribution >= 0.6 is 0 Å². The Morgan fingerprint density at radius 1 is 0.905 bits per heavy atom. The fourth-order valence-corrected chi connectivity index (χ4v) is 1.88. The zero-order chi connectivity index (χ0) is 14.8. The van der Waals surface area contributed by atoms with Crippen molar-refractivity contribution in [2.24, 2.45) is 0 Å². The molecule has 0 aliphatic carbocycles. The normalized spacial score (nSPS) is 10.5. The first-order valence-corrected chi connectivity index (χ1v) is 7.49. The van der Waals surface area contributed by atoms with Crippen molar-refractivity contribution >= 4 is 0 Å². The maximum atomic E-state index is 5.63. The number of benzene rings is 2. The van der Waals surface area contributed by atoms with Crippen LogP contribution < -0.4 is 10.2 Å². The van der Waals surface area contributed by atoms with E-state index in [0.29, 0.717) is 13.2 Å². The summed E-state index contributed by atoms with van der Waals surface area (Å²) in [6.07, 6.45) is 2.25. The van der Waals surface area contributed by atoms with Crippen molar-refractivity contribution in [3.8, 4) is 5.75 Å². The van der Waals surface area contributed by atoms with Gasteiger partial charge in [0.15, 0.2) is 0 Å². The summed E-state index contributed by atoms with van der Waals surface area (Å²) in [5, 5.41) is 0. The Labute approximate surface area is 126 Å². The van der Waals surface area contributed by atoms with Gasteiger partial charge in [-0.2, -0.15) is 5.48 Å². The Bertz CT molecular complexity index is 496. The lowest BCUT2D eigenvalue weighted by molar-refractivity contribution is 0.0235. The SMILES string of the molecule is CCCCOc1ccc(CNOCc2ccccc2)cc1. The largest absolute Gasteiger partial charge is 0.494 e. The summed E-state index contributed by atoms with van der Waals surface area (Å²) in [6.45, 7) is 4.20. The first kappa shape index (κ1) is 15.5. The van der Waals surface area contributed by atoms with Crippen LogP contribution in [0.5, 0.6) is 5.75 Å². The molecule has 2 rings (SSSR count). The maximum absolute atomic E-state index is 5.63. The van der Waals surface area contributed by atoms with Crippen molar-refractivity contribution in [1.29, 1.82) is 0 Å². The smallest absolute Gasteiger partial charge is 0.119 e. The number of rotatable bonds is 9. The third-order valence-electron chi connectivity index (χ3n) is 3.15. The van der Waals surface area contributed by atoms with E-state index in [-0.39, 0.29) is 0 Å². The zero-order valence-electron chi connectivity index (χ0n) is 12.5. The minimum absolute atomic E-state index is 0.569. The highest BCUT2D eigenvalue weighted by Gasteiger charge is 1.96. The molecular weight excluding hydrogens is 262 g/mol. The summed E-state index contributed by atoms with van der Waals surface area (Å²) in [6, 6.07) is 18.2. The second-order valence-electron chi connectivity index (χ2n) is 4.94. The molecule has 0 saturated heterocycles. The minimum atomic E-state index is 0.569. The summed E-state index contributed by atoms with van der Waals surface area (Å²) < 4.78 is 5.63. The fraction of sp³-hybridized carbons (Fsp3) is 0.333. The molecule has 0 saturated carbocycles. The van der Waals surface area contributed by atoms with E-state index < -0.39 is 0 Å². The number of hydrogen-bond donors (Lipinski definition) is 1. The summed E-state index contributed by atoms with van der Waals surface area (Å²) >= 11 is 0. The Balaban J connectivity index is 1.66. The molecule has 2 aromatic carbocycles. The van der Waals surface area contributed by atoms with Crippen molar-refractivity contribution in [3.63, 3.8) is 0 Å². The van der Waals surface area contributed by atoms with Crippen molar-refractivity contribution in [3.05, 3.63) is 65.7 Å². The van der Waals surface area contributed by atoms with Crippen molar-refractivity contribution < 1.29 is 9.57 Å². The molecule has 2 aromatic rings. The molecule has 0 unspecified atom stereocenters. The summed E-state index contributed by atoms with van der Waals surface area (Å²) in [4.78, 5) is 5.45. The number of unbranched alkanes of at least 4 members (excludes halogenated alkanes) is 1. The molecule has 0 amide bonds. The summed E-state index contributed by atoms with van der Waals surface area (Å²) in [5.74, 6) is 0.928. The lowest BCUT2D eigenvalue weighted by Crippen LogP contribution is -2.13. The molecule has 0 bridgehead atoms. The number of hydroxylamine groups is 1. The van der Waals surface area contributed by atoms with Crippen LogP contribution in [-0.2, 0) is 18.0 Å². The molecular formula is C18H23NO2. The first-order valence-electron chi connectivity index (χ1n) is 7.49. The van der Waals surface area contributed by atoms with Gasteiger partial charge >= 0.3 is 0 Å². The van der Waals surface area contributed by atoms with Crippen LogP contribution in [0.3, 0.4) is 0 Å². The van der Waals surface area contributed by atoms with Gasteiger partial charge < -0.3 is 4.74 Å². The average molecular weight is 285 g/mol. The second-order valence-corrected chi connectivity index (χ2v) is 4.94. The first-order chi connectivity index (χ1) is 10.4. The standard InChI is InChI=1S/C18H23NO2/c1-2-3-13-20-18-11-9-16(10-12-18)14-19-21-15-17-7-5-4-6-8-17/h4-12,19H,2-3,13-15H2,1H3. The lowest BCUT2D eigenvalue weighted by Gasteiger charge is -2.08. The van der Waals surface area contributed by atoms with Gasteiger partial charge in [-0.1, -0.05) is 55.8 Å². The van der Waals surface area contributed by atoms with Crippen LogP contribution in [0.2, 0.25) is 0 Å². The van der Waals surface area contributed by atoms with E-state index in [2.05, 4.69) is 24.5 Å². The maximum Gasteiger partial charge on any atom is 0.119 e. The molecule has 0 radical (unpaired) electrons. The van der Waals surface area contributed by atoms with Crippen molar-refractivity contribution in [2.75, 3.05) is 6.61 Å². The van der Waals surface area contributed by atoms with Crippen LogP contribution in [0, 0.1) is 0 Å². The molecule has 0 fully saturated rings. The van der Waals surface area contributed by atoms with E-state index in [4.69, 9.17) is 9.57 Å². The molecule has 0 heterocycles. The van der Waals surface area contributed by atoms with Gasteiger partial charge in [0.05, 0.1) is 13.2 Å². The highest BCUT2D eigenvalue weighted by molar-refractivity contribution is 5.27. The van der Waals surface area contributed by atoms with Crippen LogP contribution in [-0.4, -0.2) is 6.61 Å². The third-order valence-corrected chi connectivity index (χ3v) is 3.15. The Morgan fingerprint density at radius 3 is 2.38 bits per heavy atom. The molecule has 0 aliphatic heterocycles. The van der Waals surface area contributed by atoms with E-state index in [9.17, 15) is 0 Å². The number of nitrogens with one attached hydrogen (secondary N) is 1. The van der Waals surface area contributed by atoms with E-state index in [1.807, 2.05) is 42.5 Å². The van der Waals surface area contributed by atoms with Gasteiger partial charge in [-0.15, -0.1) is 0 Å². The highest BCUT2D eigenvalue weighted by Crippen LogP contribution is 2.12. The van der Waals surface area contributed by atoms with Gasteiger partial charge in [0.2, 0.25) is 0 Å². The van der Waals surface area contributed by atoms with Crippen molar-refractivity contribution in [1.82, 2.24) is 5.48 Å². The van der Waals surface area contributed by atoms with Crippen LogP contribution in [0.4, 0.5) is 0 Å². The molecule has 3 heteroatoms. The Kier molecular flexibility index (Phi) is 6.78. The molecule has 0 aromatic heterocycles. The zero-order valence-corrected chi connectivity index (χ0v) is 12.5. The topological polar surface area (TPSA) is 30.5 Å². The minimum Gasteiger partial charge on any atom is -0.494 e. The number of ether oxygens (including phenoxy) is 1. The van der Waals surface area contributed by atoms with E-state index in [1.54, 1.807) is 0 Å². The monoisotopic (exact) mass is 285 g/mol.